The van der Waals surface area contributed by atoms with E-state index in [4.69, 9.17) is 15.7 Å². The molecule has 6 nitrogen and oxygen atoms in total. The number of nitriles is 1. The molecule has 1 atom stereocenters. The molecular formula is C22H21N5O. The summed E-state index contributed by atoms with van der Waals surface area (Å²) in [6.45, 7) is 4.08. The number of anilines is 1. The summed E-state index contributed by atoms with van der Waals surface area (Å²) in [7, 11) is 0. The van der Waals surface area contributed by atoms with Gasteiger partial charge in [-0.05, 0) is 29.7 Å². The molecule has 28 heavy (non-hydrogen) atoms. The number of hydrogen-bond acceptors (Lipinski definition) is 5. The molecule has 0 bridgehead atoms. The van der Waals surface area contributed by atoms with E-state index in [0.717, 1.165) is 34.0 Å². The molecule has 2 aromatic carbocycles. The molecule has 4 aromatic rings. The number of imidazole rings is 1. The Labute approximate surface area is 163 Å². The molecule has 140 valence electrons. The highest BCUT2D eigenvalue weighted by Crippen LogP contribution is 2.27. The van der Waals surface area contributed by atoms with Crippen molar-refractivity contribution in [3.63, 3.8) is 0 Å². The minimum atomic E-state index is 0.295. The molecule has 2 N–H and O–H groups in total. The van der Waals surface area contributed by atoms with Crippen LogP contribution in [0.15, 0.2) is 54.9 Å². The van der Waals surface area contributed by atoms with Crippen LogP contribution in [-0.4, -0.2) is 21.1 Å². The third-order valence-electron chi connectivity index (χ3n) is 4.74. The molecule has 2 aromatic heterocycles. The maximum atomic E-state index is 8.86. The van der Waals surface area contributed by atoms with Gasteiger partial charge in [0.05, 0.1) is 42.2 Å². The molecule has 0 aliphatic carbocycles. The van der Waals surface area contributed by atoms with Crippen LogP contribution in [0, 0.1) is 17.2 Å². The number of pyridine rings is 1. The van der Waals surface area contributed by atoms with Crippen molar-refractivity contribution < 1.29 is 4.74 Å². The van der Waals surface area contributed by atoms with Crippen molar-refractivity contribution in [3.05, 3.63) is 66.0 Å². The van der Waals surface area contributed by atoms with Crippen LogP contribution >= 0.6 is 0 Å². The molecule has 0 unspecified atom stereocenters. The summed E-state index contributed by atoms with van der Waals surface area (Å²) in [4.78, 5) is 8.92. The van der Waals surface area contributed by atoms with Gasteiger partial charge < -0.3 is 15.0 Å². The quantitative estimate of drug-likeness (QED) is 0.555. The lowest BCUT2D eigenvalue weighted by Crippen LogP contribution is -2.13. The summed E-state index contributed by atoms with van der Waals surface area (Å²) in [6, 6.07) is 17.6. The van der Waals surface area contributed by atoms with E-state index in [0.29, 0.717) is 30.5 Å². The average molecular weight is 371 g/mol. The van der Waals surface area contributed by atoms with Gasteiger partial charge in [0.25, 0.3) is 0 Å². The highest BCUT2D eigenvalue weighted by molar-refractivity contribution is 6.06. The van der Waals surface area contributed by atoms with E-state index in [9.17, 15) is 0 Å². The number of para-hydroxylation sites is 1. The summed E-state index contributed by atoms with van der Waals surface area (Å²) in [5.41, 5.74) is 10.4. The van der Waals surface area contributed by atoms with E-state index >= 15 is 0 Å². The Hall–Kier alpha value is -3.43. The number of aromatic nitrogens is 3. The third-order valence-corrected chi connectivity index (χ3v) is 4.74. The zero-order valence-electron chi connectivity index (χ0n) is 15.7. The summed E-state index contributed by atoms with van der Waals surface area (Å²) in [5, 5.41) is 9.91. The maximum absolute atomic E-state index is 8.86. The Bertz CT molecular complexity index is 1160. The predicted molar refractivity (Wildman–Crippen MR) is 109 cm³/mol. The highest BCUT2D eigenvalue weighted by Gasteiger charge is 2.14. The Morgan fingerprint density at radius 2 is 1.96 bits per heavy atom. The number of fused-ring (bicyclic) bond motifs is 3. The summed E-state index contributed by atoms with van der Waals surface area (Å²) < 4.78 is 8.00. The second-order valence-corrected chi connectivity index (χ2v) is 7.04. The molecule has 2 heterocycles. The lowest BCUT2D eigenvalue weighted by Gasteiger charge is -2.14. The van der Waals surface area contributed by atoms with Gasteiger partial charge in [-0.15, -0.1) is 0 Å². The molecule has 4 rings (SSSR count). The number of nitrogen functional groups attached to an aromatic ring is 1. The molecule has 0 amide bonds. The van der Waals surface area contributed by atoms with Gasteiger partial charge in [-0.1, -0.05) is 37.3 Å². The van der Waals surface area contributed by atoms with Gasteiger partial charge in [0.15, 0.2) is 5.82 Å². The van der Waals surface area contributed by atoms with Crippen LogP contribution in [0.3, 0.4) is 0 Å². The Balaban J connectivity index is 1.46. The van der Waals surface area contributed by atoms with E-state index in [1.165, 1.54) is 0 Å². The van der Waals surface area contributed by atoms with Crippen molar-refractivity contribution in [1.29, 1.82) is 5.26 Å². The van der Waals surface area contributed by atoms with Crippen LogP contribution in [0.2, 0.25) is 0 Å². The standard InChI is InChI=1S/C22H21N5O/c1-15(12-28-13-17-8-6-16(10-23)7-9-17)11-27-14-25-20-21(27)18-4-2-3-5-19(18)26-22(20)24/h2-9,14-15H,11-13H2,1H3,(H2,24,26)/t15-/m1/s1. The molecule has 0 saturated heterocycles. The van der Waals surface area contributed by atoms with Gasteiger partial charge in [0, 0.05) is 11.9 Å². The largest absolute Gasteiger partial charge is 0.382 e. The van der Waals surface area contributed by atoms with Crippen LogP contribution in [0.25, 0.3) is 21.9 Å². The van der Waals surface area contributed by atoms with Crippen molar-refractivity contribution in [2.24, 2.45) is 5.92 Å². The zero-order chi connectivity index (χ0) is 19.5. The van der Waals surface area contributed by atoms with Gasteiger partial charge in [0.2, 0.25) is 0 Å². The summed E-state index contributed by atoms with van der Waals surface area (Å²) >= 11 is 0. The minimum absolute atomic E-state index is 0.295. The molecule has 0 aliphatic heterocycles. The normalized spacial score (nSPS) is 12.3. The maximum Gasteiger partial charge on any atom is 0.152 e. The van der Waals surface area contributed by atoms with E-state index in [1.807, 2.05) is 54.9 Å². The number of rotatable bonds is 6. The van der Waals surface area contributed by atoms with Gasteiger partial charge in [-0.25, -0.2) is 9.97 Å². The van der Waals surface area contributed by atoms with Crippen LogP contribution in [-0.2, 0) is 17.9 Å². The Kier molecular flexibility index (Phi) is 4.92. The van der Waals surface area contributed by atoms with E-state index < -0.39 is 0 Å². The number of nitrogens with two attached hydrogens (primary N) is 1. The average Bonchev–Trinajstić information content (AvgIpc) is 3.13. The Morgan fingerprint density at radius 1 is 1.18 bits per heavy atom. The number of benzene rings is 2. The van der Waals surface area contributed by atoms with Crippen molar-refractivity contribution in [1.82, 2.24) is 14.5 Å². The predicted octanol–water partition coefficient (Wildman–Crippen LogP) is 3.89. The SMILES string of the molecule is C[C@@H](COCc1ccc(C#N)cc1)Cn1cnc2c(N)nc3ccccc3c21. The summed E-state index contributed by atoms with van der Waals surface area (Å²) in [5.74, 6) is 0.751. The molecule has 0 saturated carbocycles. The van der Waals surface area contributed by atoms with Gasteiger partial charge in [-0.3, -0.25) is 0 Å². The van der Waals surface area contributed by atoms with Crippen molar-refractivity contribution >= 4 is 27.8 Å². The van der Waals surface area contributed by atoms with Crippen LogP contribution in [0.5, 0.6) is 0 Å². The van der Waals surface area contributed by atoms with Crippen LogP contribution in [0.4, 0.5) is 5.82 Å². The van der Waals surface area contributed by atoms with Crippen LogP contribution in [0.1, 0.15) is 18.1 Å². The van der Waals surface area contributed by atoms with Gasteiger partial charge in [0.1, 0.15) is 5.52 Å². The lowest BCUT2D eigenvalue weighted by atomic mass is 10.1. The first-order chi connectivity index (χ1) is 13.7. The zero-order valence-corrected chi connectivity index (χ0v) is 15.7. The van der Waals surface area contributed by atoms with Gasteiger partial charge >= 0.3 is 0 Å². The molecule has 0 fully saturated rings. The molecule has 0 spiro atoms. The topological polar surface area (TPSA) is 89.8 Å². The van der Waals surface area contributed by atoms with E-state index in [-0.39, 0.29) is 0 Å². The first kappa shape index (κ1) is 18.0. The molecular weight excluding hydrogens is 350 g/mol. The Morgan fingerprint density at radius 3 is 2.75 bits per heavy atom. The van der Waals surface area contributed by atoms with Crippen molar-refractivity contribution in [3.8, 4) is 6.07 Å². The third kappa shape index (κ3) is 3.53. The summed E-state index contributed by atoms with van der Waals surface area (Å²) in [6.07, 6.45) is 1.83. The second kappa shape index (κ2) is 7.67. The van der Waals surface area contributed by atoms with Crippen molar-refractivity contribution in [2.45, 2.75) is 20.1 Å². The highest BCUT2D eigenvalue weighted by atomic mass is 16.5. The first-order valence-corrected chi connectivity index (χ1v) is 9.21. The fourth-order valence-electron chi connectivity index (χ4n) is 3.39. The second-order valence-electron chi connectivity index (χ2n) is 7.04. The fraction of sp³-hybridized carbons (Fsp3) is 0.227. The van der Waals surface area contributed by atoms with E-state index in [1.54, 1.807) is 0 Å². The monoisotopic (exact) mass is 371 g/mol. The first-order valence-electron chi connectivity index (χ1n) is 9.21. The van der Waals surface area contributed by atoms with Crippen molar-refractivity contribution in [2.75, 3.05) is 12.3 Å². The van der Waals surface area contributed by atoms with E-state index in [2.05, 4.69) is 27.5 Å². The fourth-order valence-corrected chi connectivity index (χ4v) is 3.39. The van der Waals surface area contributed by atoms with Crippen LogP contribution < -0.4 is 5.73 Å². The molecule has 0 radical (unpaired) electrons. The lowest BCUT2D eigenvalue weighted by molar-refractivity contribution is 0.0872. The number of hydrogen-bond donors (Lipinski definition) is 1. The number of nitrogens with zero attached hydrogens (tertiary/aromatic N) is 4. The smallest absolute Gasteiger partial charge is 0.152 e. The number of ether oxygens (including phenoxy) is 1. The molecule has 0 aliphatic rings. The van der Waals surface area contributed by atoms with Gasteiger partial charge in [-0.2, -0.15) is 5.26 Å². The minimum Gasteiger partial charge on any atom is -0.382 e. The molecule has 6 heteroatoms.